The highest BCUT2D eigenvalue weighted by Gasteiger charge is 2.16. The molecular weight excluding hydrogens is 340 g/mol. The Morgan fingerprint density at radius 1 is 1.00 bits per heavy atom. The van der Waals surface area contributed by atoms with Crippen LogP contribution in [0.2, 0.25) is 0 Å². The van der Waals surface area contributed by atoms with Crippen molar-refractivity contribution in [3.8, 4) is 5.75 Å². The lowest BCUT2D eigenvalue weighted by molar-refractivity contribution is 0.0918. The van der Waals surface area contributed by atoms with Crippen molar-refractivity contribution < 1.29 is 9.84 Å². The second kappa shape index (κ2) is 8.44. The molecule has 27 heavy (non-hydrogen) atoms. The number of hydrogen-bond donors (Lipinski definition) is 1. The van der Waals surface area contributed by atoms with E-state index in [0.29, 0.717) is 12.5 Å². The molecule has 5 nitrogen and oxygen atoms in total. The zero-order valence-electron chi connectivity index (χ0n) is 16.3. The molecule has 0 radical (unpaired) electrons. The Labute approximate surface area is 159 Å². The van der Waals surface area contributed by atoms with Gasteiger partial charge in [-0.2, -0.15) is 0 Å². The Morgan fingerprint density at radius 3 is 2.30 bits per heavy atom. The topological polar surface area (TPSA) is 56.4 Å². The van der Waals surface area contributed by atoms with Crippen molar-refractivity contribution in [1.82, 2.24) is 9.13 Å². The number of aryl methyl sites for hydroxylation is 1. The molecule has 1 N–H and O–H groups in total. The van der Waals surface area contributed by atoms with Crippen LogP contribution in [0, 0.1) is 0 Å². The minimum atomic E-state index is -0.774. The first kappa shape index (κ1) is 19.2. The Bertz CT molecular complexity index is 956. The molecule has 0 aliphatic rings. The van der Waals surface area contributed by atoms with E-state index in [9.17, 15) is 9.90 Å². The summed E-state index contributed by atoms with van der Waals surface area (Å²) in [5, 5.41) is 10.5. The van der Waals surface area contributed by atoms with Crippen LogP contribution in [0.4, 0.5) is 0 Å². The summed E-state index contributed by atoms with van der Waals surface area (Å²) in [7, 11) is 0. The third-order valence-electron chi connectivity index (χ3n) is 4.74. The summed E-state index contributed by atoms with van der Waals surface area (Å²) < 4.78 is 9.29. The summed E-state index contributed by atoms with van der Waals surface area (Å²) in [6, 6.07) is 15.6. The molecule has 3 rings (SSSR count). The largest absolute Gasteiger partial charge is 0.491 e. The SMILES string of the molecule is CCCn1c(=O)n(C[C@@H](O)COc2ccccc2C(C)C)c2ccccc21. The molecule has 3 aromatic rings. The quantitative estimate of drug-likeness (QED) is 0.658. The van der Waals surface area contributed by atoms with Gasteiger partial charge in [-0.3, -0.25) is 9.13 Å². The van der Waals surface area contributed by atoms with Crippen molar-refractivity contribution >= 4 is 11.0 Å². The predicted molar refractivity (Wildman–Crippen MR) is 109 cm³/mol. The Hall–Kier alpha value is -2.53. The first-order valence-corrected chi connectivity index (χ1v) is 9.60. The van der Waals surface area contributed by atoms with E-state index < -0.39 is 6.10 Å². The molecule has 0 amide bonds. The van der Waals surface area contributed by atoms with Gasteiger partial charge in [-0.1, -0.05) is 51.1 Å². The van der Waals surface area contributed by atoms with Crippen LogP contribution in [0.25, 0.3) is 11.0 Å². The molecule has 0 aliphatic heterocycles. The van der Waals surface area contributed by atoms with Crippen molar-refractivity contribution in [2.45, 2.75) is 52.3 Å². The molecule has 5 heteroatoms. The average molecular weight is 368 g/mol. The number of imidazole rings is 1. The summed E-state index contributed by atoms with van der Waals surface area (Å²) in [4.78, 5) is 12.8. The number of benzene rings is 2. The summed E-state index contributed by atoms with van der Waals surface area (Å²) >= 11 is 0. The minimum Gasteiger partial charge on any atom is -0.491 e. The van der Waals surface area contributed by atoms with E-state index in [2.05, 4.69) is 13.8 Å². The number of fused-ring (bicyclic) bond motifs is 1. The van der Waals surface area contributed by atoms with Crippen LogP contribution in [0.1, 0.15) is 38.7 Å². The van der Waals surface area contributed by atoms with Gasteiger partial charge in [-0.05, 0) is 36.1 Å². The molecule has 0 unspecified atom stereocenters. The van der Waals surface area contributed by atoms with Gasteiger partial charge >= 0.3 is 5.69 Å². The highest BCUT2D eigenvalue weighted by Crippen LogP contribution is 2.26. The van der Waals surface area contributed by atoms with Gasteiger partial charge in [0.1, 0.15) is 18.5 Å². The fourth-order valence-corrected chi connectivity index (χ4v) is 3.43. The summed E-state index contributed by atoms with van der Waals surface area (Å²) in [5.74, 6) is 1.13. The Balaban J connectivity index is 1.78. The number of rotatable bonds is 8. The standard InChI is InChI=1S/C22H28N2O3/c1-4-13-23-19-10-6-7-11-20(19)24(22(23)26)14-17(25)15-27-21-12-8-5-9-18(21)16(2)3/h5-12,16-17,25H,4,13-15H2,1-3H3/t17-/m1/s1. The van der Waals surface area contributed by atoms with E-state index in [1.54, 1.807) is 9.13 Å². The van der Waals surface area contributed by atoms with Crippen LogP contribution in [-0.4, -0.2) is 27.0 Å². The molecule has 0 saturated carbocycles. The third-order valence-corrected chi connectivity index (χ3v) is 4.74. The van der Waals surface area contributed by atoms with Gasteiger partial charge in [-0.15, -0.1) is 0 Å². The van der Waals surface area contributed by atoms with Gasteiger partial charge in [0, 0.05) is 6.54 Å². The molecule has 0 saturated heterocycles. The van der Waals surface area contributed by atoms with Crippen LogP contribution in [0.3, 0.4) is 0 Å². The number of nitrogens with zero attached hydrogens (tertiary/aromatic N) is 2. The maximum absolute atomic E-state index is 12.8. The maximum atomic E-state index is 12.8. The lowest BCUT2D eigenvalue weighted by Crippen LogP contribution is -2.31. The molecule has 144 valence electrons. The molecular formula is C22H28N2O3. The highest BCUT2D eigenvalue weighted by atomic mass is 16.5. The number of aliphatic hydroxyl groups is 1. The number of hydrogen-bond acceptors (Lipinski definition) is 3. The lowest BCUT2D eigenvalue weighted by atomic mass is 10.0. The molecule has 0 bridgehead atoms. The van der Waals surface area contributed by atoms with E-state index in [1.165, 1.54) is 0 Å². The van der Waals surface area contributed by atoms with Crippen molar-refractivity contribution in [2.24, 2.45) is 0 Å². The maximum Gasteiger partial charge on any atom is 0.329 e. The van der Waals surface area contributed by atoms with Gasteiger partial charge in [0.2, 0.25) is 0 Å². The van der Waals surface area contributed by atoms with Crippen molar-refractivity contribution in [3.63, 3.8) is 0 Å². The van der Waals surface area contributed by atoms with Gasteiger partial charge in [-0.25, -0.2) is 4.79 Å². The number of aromatic nitrogens is 2. The number of ether oxygens (including phenoxy) is 1. The third kappa shape index (κ3) is 4.08. The Kier molecular flexibility index (Phi) is 6.01. The fourth-order valence-electron chi connectivity index (χ4n) is 3.43. The zero-order valence-corrected chi connectivity index (χ0v) is 16.3. The molecule has 1 heterocycles. The second-order valence-corrected chi connectivity index (χ2v) is 7.19. The lowest BCUT2D eigenvalue weighted by Gasteiger charge is -2.17. The first-order chi connectivity index (χ1) is 13.0. The normalized spacial score (nSPS) is 12.6. The molecule has 0 fully saturated rings. The van der Waals surface area contributed by atoms with E-state index in [0.717, 1.165) is 28.8 Å². The van der Waals surface area contributed by atoms with Crippen molar-refractivity contribution in [3.05, 3.63) is 64.6 Å². The molecule has 0 spiro atoms. The van der Waals surface area contributed by atoms with Crippen molar-refractivity contribution in [2.75, 3.05) is 6.61 Å². The molecule has 0 aliphatic carbocycles. The highest BCUT2D eigenvalue weighted by molar-refractivity contribution is 5.76. The number of aliphatic hydroxyl groups excluding tert-OH is 1. The molecule has 1 aromatic heterocycles. The van der Waals surface area contributed by atoms with E-state index in [-0.39, 0.29) is 18.8 Å². The summed E-state index contributed by atoms with van der Waals surface area (Å²) in [6.07, 6.45) is 0.106. The van der Waals surface area contributed by atoms with E-state index in [1.807, 2.05) is 55.5 Å². The average Bonchev–Trinajstić information content (AvgIpc) is 2.93. The van der Waals surface area contributed by atoms with E-state index >= 15 is 0 Å². The molecule has 2 aromatic carbocycles. The molecule has 1 atom stereocenters. The Morgan fingerprint density at radius 2 is 1.63 bits per heavy atom. The van der Waals surface area contributed by atoms with Crippen LogP contribution in [-0.2, 0) is 13.1 Å². The van der Waals surface area contributed by atoms with Crippen LogP contribution >= 0.6 is 0 Å². The van der Waals surface area contributed by atoms with Gasteiger partial charge in [0.25, 0.3) is 0 Å². The predicted octanol–water partition coefficient (Wildman–Crippen LogP) is 3.78. The van der Waals surface area contributed by atoms with Crippen LogP contribution in [0.5, 0.6) is 5.75 Å². The number of para-hydroxylation sites is 3. The summed E-state index contributed by atoms with van der Waals surface area (Å²) in [6.45, 7) is 7.29. The fraction of sp³-hybridized carbons (Fsp3) is 0.409. The summed E-state index contributed by atoms with van der Waals surface area (Å²) in [5.41, 5.74) is 2.78. The minimum absolute atomic E-state index is 0.0836. The monoisotopic (exact) mass is 368 g/mol. The van der Waals surface area contributed by atoms with Gasteiger partial charge in [0.05, 0.1) is 17.6 Å². The zero-order chi connectivity index (χ0) is 19.4. The van der Waals surface area contributed by atoms with E-state index in [4.69, 9.17) is 4.74 Å². The second-order valence-electron chi connectivity index (χ2n) is 7.19. The first-order valence-electron chi connectivity index (χ1n) is 9.60. The van der Waals surface area contributed by atoms with Crippen LogP contribution < -0.4 is 10.4 Å². The van der Waals surface area contributed by atoms with Gasteiger partial charge in [0.15, 0.2) is 0 Å². The van der Waals surface area contributed by atoms with Crippen LogP contribution in [0.15, 0.2) is 53.3 Å². The van der Waals surface area contributed by atoms with Crippen molar-refractivity contribution in [1.29, 1.82) is 0 Å². The smallest absolute Gasteiger partial charge is 0.329 e. The van der Waals surface area contributed by atoms with Gasteiger partial charge < -0.3 is 9.84 Å².